The number of nitrogens with one attached hydrogen (secondary N) is 2. The van der Waals surface area contributed by atoms with E-state index in [1.54, 1.807) is 18.4 Å². The number of benzene rings is 1. The highest BCUT2D eigenvalue weighted by atomic mass is 32.1. The van der Waals surface area contributed by atoms with Crippen molar-refractivity contribution in [1.29, 1.82) is 0 Å². The van der Waals surface area contributed by atoms with Gasteiger partial charge in [-0.3, -0.25) is 14.5 Å². The lowest BCUT2D eigenvalue weighted by Crippen LogP contribution is -2.37. The number of carbonyl (C=O) groups is 2. The molecule has 0 bridgehead atoms. The van der Waals surface area contributed by atoms with E-state index in [0.717, 1.165) is 15.8 Å². The van der Waals surface area contributed by atoms with Crippen molar-refractivity contribution in [2.24, 2.45) is 0 Å². The maximum Gasteiger partial charge on any atom is 0.251 e. The van der Waals surface area contributed by atoms with Crippen molar-refractivity contribution in [2.75, 3.05) is 12.4 Å². The Morgan fingerprint density at radius 3 is 2.96 bits per heavy atom. The molecule has 2 N–H and O–H groups in total. The smallest absolute Gasteiger partial charge is 0.251 e. The van der Waals surface area contributed by atoms with Crippen molar-refractivity contribution in [2.45, 2.75) is 19.0 Å². The zero-order chi connectivity index (χ0) is 19.0. The van der Waals surface area contributed by atoms with Gasteiger partial charge < -0.3 is 15.2 Å². The average Bonchev–Trinajstić information content (AvgIpc) is 3.36. The molecule has 1 aromatic carbocycles. The Labute approximate surface area is 165 Å². The van der Waals surface area contributed by atoms with Crippen LogP contribution in [-0.4, -0.2) is 44.8 Å². The van der Waals surface area contributed by atoms with Crippen LogP contribution in [-0.2, 0) is 16.1 Å². The predicted molar refractivity (Wildman–Crippen MR) is 111 cm³/mol. The third-order valence-electron chi connectivity index (χ3n) is 4.65. The number of nitrogens with zero attached hydrogens (tertiary/aromatic N) is 2. The molecular formula is C19H18N4O2S2. The van der Waals surface area contributed by atoms with Gasteiger partial charge in [0.25, 0.3) is 5.91 Å². The molecule has 8 heteroatoms. The topological polar surface area (TPSA) is 68.4 Å². The maximum absolute atomic E-state index is 12.6. The lowest BCUT2D eigenvalue weighted by atomic mass is 10.1. The molecule has 1 aliphatic heterocycles. The van der Waals surface area contributed by atoms with Crippen LogP contribution in [0.5, 0.6) is 0 Å². The first-order valence-electron chi connectivity index (χ1n) is 8.50. The van der Waals surface area contributed by atoms with Crippen molar-refractivity contribution in [1.82, 2.24) is 14.8 Å². The molecule has 138 valence electrons. The minimum Gasteiger partial charge on any atom is -0.361 e. The van der Waals surface area contributed by atoms with E-state index in [1.165, 1.54) is 4.90 Å². The number of fused-ring (bicyclic) bond motifs is 1. The molecule has 1 aliphatic rings. The van der Waals surface area contributed by atoms with Gasteiger partial charge in [0.15, 0.2) is 5.11 Å². The first kappa shape index (κ1) is 17.7. The number of carbonyl (C=O) groups excluding carboxylic acids is 2. The summed E-state index contributed by atoms with van der Waals surface area (Å²) in [5, 5.41) is 6.40. The Morgan fingerprint density at radius 2 is 2.19 bits per heavy atom. The number of hydrogen-bond donors (Lipinski definition) is 2. The van der Waals surface area contributed by atoms with Crippen LogP contribution in [0.4, 0.5) is 5.69 Å². The number of amides is 2. The summed E-state index contributed by atoms with van der Waals surface area (Å²) < 4.78 is 0. The SMILES string of the molecule is CN1C(=O)C(CC(=O)Nc2ccc3cc[nH]c3c2)N(Cc2cccs2)C1=S. The van der Waals surface area contributed by atoms with Gasteiger partial charge in [0.2, 0.25) is 5.91 Å². The fourth-order valence-electron chi connectivity index (χ4n) is 3.24. The highest BCUT2D eigenvalue weighted by Crippen LogP contribution is 2.24. The molecule has 1 fully saturated rings. The number of H-pyrrole nitrogens is 1. The van der Waals surface area contributed by atoms with Gasteiger partial charge >= 0.3 is 0 Å². The van der Waals surface area contributed by atoms with Crippen LogP contribution in [0.1, 0.15) is 11.3 Å². The van der Waals surface area contributed by atoms with Gasteiger partial charge in [-0.15, -0.1) is 11.3 Å². The molecule has 6 nitrogen and oxygen atoms in total. The number of aromatic nitrogens is 1. The fourth-order valence-corrected chi connectivity index (χ4v) is 4.22. The van der Waals surface area contributed by atoms with E-state index < -0.39 is 6.04 Å². The van der Waals surface area contributed by atoms with Crippen LogP contribution in [0.3, 0.4) is 0 Å². The second-order valence-corrected chi connectivity index (χ2v) is 7.83. The molecule has 3 heterocycles. The number of anilines is 1. The Morgan fingerprint density at radius 1 is 1.33 bits per heavy atom. The Hall–Kier alpha value is -2.71. The minimum atomic E-state index is -0.584. The third kappa shape index (κ3) is 3.45. The molecule has 0 spiro atoms. The van der Waals surface area contributed by atoms with E-state index in [4.69, 9.17) is 12.2 Å². The van der Waals surface area contributed by atoms with Crippen LogP contribution < -0.4 is 5.32 Å². The summed E-state index contributed by atoms with van der Waals surface area (Å²) in [6.45, 7) is 0.527. The maximum atomic E-state index is 12.6. The van der Waals surface area contributed by atoms with E-state index in [-0.39, 0.29) is 18.2 Å². The number of hydrogen-bond acceptors (Lipinski definition) is 4. The van der Waals surface area contributed by atoms with Gasteiger partial charge in [-0.25, -0.2) is 0 Å². The quantitative estimate of drug-likeness (QED) is 0.648. The minimum absolute atomic E-state index is 0.0530. The molecular weight excluding hydrogens is 380 g/mol. The monoisotopic (exact) mass is 398 g/mol. The first-order chi connectivity index (χ1) is 13.0. The summed E-state index contributed by atoms with van der Waals surface area (Å²) in [6.07, 6.45) is 1.91. The van der Waals surface area contributed by atoms with Gasteiger partial charge in [-0.2, -0.15) is 0 Å². The number of aromatic amines is 1. The van der Waals surface area contributed by atoms with Crippen molar-refractivity contribution < 1.29 is 9.59 Å². The van der Waals surface area contributed by atoms with E-state index >= 15 is 0 Å². The molecule has 0 saturated carbocycles. The highest BCUT2D eigenvalue weighted by molar-refractivity contribution is 7.80. The third-order valence-corrected chi connectivity index (χ3v) is 6.02. The van der Waals surface area contributed by atoms with Gasteiger partial charge in [0.05, 0.1) is 13.0 Å². The second-order valence-electron chi connectivity index (χ2n) is 6.43. The second kappa shape index (κ2) is 7.13. The van der Waals surface area contributed by atoms with Crippen LogP contribution >= 0.6 is 23.6 Å². The summed E-state index contributed by atoms with van der Waals surface area (Å²) in [5.41, 5.74) is 1.64. The Balaban J connectivity index is 1.48. The number of likely N-dealkylation sites (N-methyl/N-ethyl adjacent to an activating group) is 1. The van der Waals surface area contributed by atoms with Crippen molar-refractivity contribution in [3.05, 3.63) is 52.9 Å². The van der Waals surface area contributed by atoms with Gasteiger partial charge in [0.1, 0.15) is 6.04 Å². The summed E-state index contributed by atoms with van der Waals surface area (Å²) in [7, 11) is 1.66. The lowest BCUT2D eigenvalue weighted by molar-refractivity contribution is -0.130. The normalized spacial score (nSPS) is 17.1. The molecule has 2 aromatic heterocycles. The van der Waals surface area contributed by atoms with Crippen LogP contribution in [0.2, 0.25) is 0 Å². The van der Waals surface area contributed by atoms with E-state index in [0.29, 0.717) is 17.3 Å². The van der Waals surface area contributed by atoms with Gasteiger partial charge in [-0.1, -0.05) is 12.1 Å². The molecule has 0 aliphatic carbocycles. The highest BCUT2D eigenvalue weighted by Gasteiger charge is 2.41. The summed E-state index contributed by atoms with van der Waals surface area (Å²) in [4.78, 5) is 32.7. The first-order valence-corrected chi connectivity index (χ1v) is 9.79. The van der Waals surface area contributed by atoms with E-state index in [2.05, 4.69) is 10.3 Å². The molecule has 1 atom stereocenters. The summed E-state index contributed by atoms with van der Waals surface area (Å²) >= 11 is 7.02. The summed E-state index contributed by atoms with van der Waals surface area (Å²) in [6, 6.07) is 11.0. The standard InChI is InChI=1S/C19H18N4O2S2/c1-22-18(25)16(23(19(22)26)11-14-3-2-8-27-14)10-17(24)21-13-5-4-12-6-7-20-15(12)9-13/h2-9,16,20H,10-11H2,1H3,(H,21,24). The van der Waals surface area contributed by atoms with Crippen molar-refractivity contribution in [3.8, 4) is 0 Å². The van der Waals surface area contributed by atoms with Crippen LogP contribution in [0.15, 0.2) is 48.0 Å². The molecule has 1 saturated heterocycles. The predicted octanol–water partition coefficient (Wildman–Crippen LogP) is 3.19. The summed E-state index contributed by atoms with van der Waals surface area (Å²) in [5.74, 6) is -0.361. The van der Waals surface area contributed by atoms with Crippen molar-refractivity contribution in [3.63, 3.8) is 0 Å². The number of rotatable bonds is 5. The van der Waals surface area contributed by atoms with Crippen LogP contribution in [0.25, 0.3) is 10.9 Å². The zero-order valence-corrected chi connectivity index (χ0v) is 16.3. The fraction of sp³-hybridized carbons (Fsp3) is 0.211. The van der Waals surface area contributed by atoms with E-state index in [1.807, 2.05) is 52.9 Å². The Bertz CT molecular complexity index is 1010. The molecule has 3 aromatic rings. The average molecular weight is 399 g/mol. The number of thiophene rings is 1. The zero-order valence-electron chi connectivity index (χ0n) is 14.6. The Kier molecular flexibility index (Phi) is 4.67. The van der Waals surface area contributed by atoms with Gasteiger partial charge in [-0.05, 0) is 47.2 Å². The number of thiocarbonyl (C=S) groups is 1. The molecule has 27 heavy (non-hydrogen) atoms. The van der Waals surface area contributed by atoms with E-state index in [9.17, 15) is 9.59 Å². The lowest BCUT2D eigenvalue weighted by Gasteiger charge is -2.22. The van der Waals surface area contributed by atoms with Gasteiger partial charge in [0, 0.05) is 29.3 Å². The largest absolute Gasteiger partial charge is 0.361 e. The van der Waals surface area contributed by atoms with Crippen molar-refractivity contribution >= 4 is 57.1 Å². The van der Waals surface area contributed by atoms with Crippen LogP contribution in [0, 0.1) is 0 Å². The molecule has 2 amide bonds. The molecule has 4 rings (SSSR count). The molecule has 1 unspecified atom stereocenters. The molecule has 0 radical (unpaired) electrons.